The van der Waals surface area contributed by atoms with E-state index in [9.17, 15) is 4.79 Å². The average molecular weight is 355 g/mol. The van der Waals surface area contributed by atoms with Crippen molar-refractivity contribution >= 4 is 11.6 Å². The van der Waals surface area contributed by atoms with Crippen LogP contribution in [0.15, 0.2) is 30.6 Å². The molecule has 2 aromatic heterocycles. The van der Waals surface area contributed by atoms with Crippen LogP contribution >= 0.6 is 0 Å². The molecule has 0 spiro atoms. The summed E-state index contributed by atoms with van der Waals surface area (Å²) in [7, 11) is 2.20. The van der Waals surface area contributed by atoms with Crippen LogP contribution in [0.25, 0.3) is 5.65 Å². The number of pyridine rings is 1. The van der Waals surface area contributed by atoms with Crippen molar-refractivity contribution in [2.75, 3.05) is 33.2 Å². The predicted molar refractivity (Wildman–Crippen MR) is 102 cm³/mol. The summed E-state index contributed by atoms with van der Waals surface area (Å²) in [6.07, 6.45) is 8.43. The van der Waals surface area contributed by atoms with Gasteiger partial charge >= 0.3 is 0 Å². The van der Waals surface area contributed by atoms with E-state index in [1.807, 2.05) is 35.0 Å². The number of carbonyl (C=O) groups excluding carboxylic acids is 1. The molecule has 1 atom stereocenters. The quantitative estimate of drug-likeness (QED) is 0.908. The van der Waals surface area contributed by atoms with Crippen LogP contribution in [0.3, 0.4) is 0 Å². The molecule has 4 heterocycles. The fourth-order valence-corrected chi connectivity index (χ4v) is 4.35. The van der Waals surface area contributed by atoms with Crippen LogP contribution in [-0.2, 0) is 11.3 Å². The third-order valence-corrected chi connectivity index (χ3v) is 5.97. The van der Waals surface area contributed by atoms with Crippen molar-refractivity contribution in [3.8, 4) is 0 Å². The molecule has 6 nitrogen and oxygen atoms in total. The van der Waals surface area contributed by atoms with Gasteiger partial charge in [-0.3, -0.25) is 9.69 Å². The fourth-order valence-electron chi connectivity index (χ4n) is 4.35. The number of piperidine rings is 2. The minimum atomic E-state index is 0.114. The van der Waals surface area contributed by atoms with Crippen molar-refractivity contribution in [2.45, 2.75) is 38.3 Å². The van der Waals surface area contributed by atoms with Gasteiger partial charge in [-0.15, -0.1) is 0 Å². The number of carbonyl (C=O) groups is 1. The van der Waals surface area contributed by atoms with Crippen molar-refractivity contribution < 1.29 is 4.79 Å². The molecule has 0 bridgehead atoms. The minimum Gasteiger partial charge on any atom is -0.350 e. The molecule has 0 aliphatic carbocycles. The van der Waals surface area contributed by atoms with Crippen LogP contribution < -0.4 is 5.32 Å². The summed E-state index contributed by atoms with van der Waals surface area (Å²) < 4.78 is 2.03. The van der Waals surface area contributed by atoms with E-state index in [1.165, 1.54) is 25.9 Å². The maximum Gasteiger partial charge on any atom is 0.224 e. The van der Waals surface area contributed by atoms with Gasteiger partial charge in [-0.05, 0) is 64.5 Å². The molecule has 6 heteroatoms. The van der Waals surface area contributed by atoms with E-state index in [0.29, 0.717) is 12.6 Å². The molecule has 2 saturated heterocycles. The standard InChI is InChI=1S/C20H29N5O/c1-23-11-7-17(8-12-23)24-9-4-5-16(15-24)20(26)22-14-18-13-21-19-6-2-3-10-25(18)19/h2-3,6,10,13,16-17H,4-5,7-9,11-12,14-15H2,1H3,(H,22,26). The smallest absolute Gasteiger partial charge is 0.224 e. The second-order valence-electron chi connectivity index (χ2n) is 7.76. The summed E-state index contributed by atoms with van der Waals surface area (Å²) in [5.41, 5.74) is 1.94. The third kappa shape index (κ3) is 3.76. The molecule has 2 aromatic rings. The Labute approximate surface area is 155 Å². The molecule has 2 aliphatic rings. The lowest BCUT2D eigenvalue weighted by Gasteiger charge is -2.41. The predicted octanol–water partition coefficient (Wildman–Crippen LogP) is 1.76. The Balaban J connectivity index is 1.32. The monoisotopic (exact) mass is 355 g/mol. The lowest BCUT2D eigenvalue weighted by molar-refractivity contribution is -0.127. The van der Waals surface area contributed by atoms with E-state index >= 15 is 0 Å². The molecule has 0 aromatic carbocycles. The first-order valence-corrected chi connectivity index (χ1v) is 9.82. The summed E-state index contributed by atoms with van der Waals surface area (Å²) in [4.78, 5) is 22.1. The van der Waals surface area contributed by atoms with Gasteiger partial charge in [0, 0.05) is 18.8 Å². The third-order valence-electron chi connectivity index (χ3n) is 5.97. The number of likely N-dealkylation sites (tertiary alicyclic amines) is 2. The summed E-state index contributed by atoms with van der Waals surface area (Å²) in [5.74, 6) is 0.302. The van der Waals surface area contributed by atoms with Gasteiger partial charge in [-0.25, -0.2) is 4.98 Å². The number of amides is 1. The van der Waals surface area contributed by atoms with Gasteiger partial charge in [0.1, 0.15) is 5.65 Å². The summed E-state index contributed by atoms with van der Waals surface area (Å²) in [6, 6.07) is 6.59. The number of hydrogen-bond donors (Lipinski definition) is 1. The molecule has 0 radical (unpaired) electrons. The molecule has 1 N–H and O–H groups in total. The first-order valence-electron chi connectivity index (χ1n) is 9.82. The van der Waals surface area contributed by atoms with Gasteiger partial charge in [0.05, 0.1) is 24.4 Å². The van der Waals surface area contributed by atoms with Gasteiger partial charge in [-0.2, -0.15) is 0 Å². The van der Waals surface area contributed by atoms with E-state index in [4.69, 9.17) is 0 Å². The topological polar surface area (TPSA) is 52.9 Å². The van der Waals surface area contributed by atoms with Crippen LogP contribution in [-0.4, -0.2) is 64.4 Å². The second kappa shape index (κ2) is 7.76. The molecule has 140 valence electrons. The average Bonchev–Trinajstić information content (AvgIpc) is 3.10. The van der Waals surface area contributed by atoms with Crippen LogP contribution in [0.4, 0.5) is 0 Å². The zero-order valence-corrected chi connectivity index (χ0v) is 15.6. The highest BCUT2D eigenvalue weighted by molar-refractivity contribution is 5.79. The van der Waals surface area contributed by atoms with E-state index < -0.39 is 0 Å². The Kier molecular flexibility index (Phi) is 5.22. The number of fused-ring (bicyclic) bond motifs is 1. The van der Waals surface area contributed by atoms with Crippen LogP contribution in [0.1, 0.15) is 31.4 Å². The van der Waals surface area contributed by atoms with E-state index in [-0.39, 0.29) is 11.8 Å². The van der Waals surface area contributed by atoms with E-state index in [0.717, 1.165) is 37.3 Å². The molecule has 2 fully saturated rings. The van der Waals surface area contributed by atoms with Crippen molar-refractivity contribution in [3.05, 3.63) is 36.3 Å². The van der Waals surface area contributed by atoms with Gasteiger partial charge < -0.3 is 14.6 Å². The van der Waals surface area contributed by atoms with Crippen molar-refractivity contribution in [2.24, 2.45) is 5.92 Å². The number of nitrogens with one attached hydrogen (secondary N) is 1. The Morgan fingerprint density at radius 3 is 2.92 bits per heavy atom. The minimum absolute atomic E-state index is 0.114. The number of hydrogen-bond acceptors (Lipinski definition) is 4. The van der Waals surface area contributed by atoms with Gasteiger partial charge in [0.2, 0.25) is 5.91 Å². The summed E-state index contributed by atoms with van der Waals surface area (Å²) in [6.45, 7) is 4.94. The Bertz CT molecular complexity index is 749. The highest BCUT2D eigenvalue weighted by atomic mass is 16.1. The maximum absolute atomic E-state index is 12.7. The highest BCUT2D eigenvalue weighted by Crippen LogP contribution is 2.23. The van der Waals surface area contributed by atoms with Crippen molar-refractivity contribution in [1.29, 1.82) is 0 Å². The van der Waals surface area contributed by atoms with Gasteiger partial charge in [-0.1, -0.05) is 6.07 Å². The second-order valence-corrected chi connectivity index (χ2v) is 7.76. The largest absolute Gasteiger partial charge is 0.350 e. The molecule has 2 aliphatic heterocycles. The lowest BCUT2D eigenvalue weighted by atomic mass is 9.93. The number of nitrogens with zero attached hydrogens (tertiary/aromatic N) is 4. The zero-order chi connectivity index (χ0) is 17.9. The Morgan fingerprint density at radius 2 is 2.08 bits per heavy atom. The number of rotatable bonds is 4. The molecular weight excluding hydrogens is 326 g/mol. The van der Waals surface area contributed by atoms with Crippen LogP contribution in [0.2, 0.25) is 0 Å². The highest BCUT2D eigenvalue weighted by Gasteiger charge is 2.31. The summed E-state index contributed by atoms with van der Waals surface area (Å²) in [5, 5.41) is 3.14. The van der Waals surface area contributed by atoms with E-state index in [2.05, 4.69) is 27.1 Å². The first-order chi connectivity index (χ1) is 12.7. The Morgan fingerprint density at radius 1 is 1.23 bits per heavy atom. The molecule has 0 saturated carbocycles. The SMILES string of the molecule is CN1CCC(N2CCCC(C(=O)NCc3cnc4ccccn34)C2)CC1. The van der Waals surface area contributed by atoms with E-state index in [1.54, 1.807) is 0 Å². The van der Waals surface area contributed by atoms with Crippen LogP contribution in [0.5, 0.6) is 0 Å². The molecule has 1 amide bonds. The van der Waals surface area contributed by atoms with Crippen LogP contribution in [0, 0.1) is 5.92 Å². The maximum atomic E-state index is 12.7. The number of aromatic nitrogens is 2. The summed E-state index contributed by atoms with van der Waals surface area (Å²) >= 11 is 0. The molecule has 4 rings (SSSR count). The molecule has 1 unspecified atom stereocenters. The number of imidazole rings is 1. The van der Waals surface area contributed by atoms with Gasteiger partial charge in [0.25, 0.3) is 0 Å². The Hall–Kier alpha value is -1.92. The fraction of sp³-hybridized carbons (Fsp3) is 0.600. The van der Waals surface area contributed by atoms with Crippen molar-refractivity contribution in [1.82, 2.24) is 24.5 Å². The normalized spacial score (nSPS) is 23.3. The van der Waals surface area contributed by atoms with Gasteiger partial charge in [0.15, 0.2) is 0 Å². The molecular formula is C20H29N5O. The zero-order valence-electron chi connectivity index (χ0n) is 15.6. The first kappa shape index (κ1) is 17.5. The lowest BCUT2D eigenvalue weighted by Crippen LogP contribution is -2.50. The molecule has 26 heavy (non-hydrogen) atoms. The van der Waals surface area contributed by atoms with Crippen molar-refractivity contribution in [3.63, 3.8) is 0 Å².